The molecule has 6 nitrogen and oxygen atoms in total. The van der Waals surface area contributed by atoms with Gasteiger partial charge in [0.15, 0.2) is 0 Å². The van der Waals surface area contributed by atoms with Crippen LogP contribution in [0.4, 0.5) is 0 Å². The van der Waals surface area contributed by atoms with Gasteiger partial charge in [-0.15, -0.1) is 21.5 Å². The van der Waals surface area contributed by atoms with Gasteiger partial charge < -0.3 is 4.57 Å². The largest absolute Gasteiger partial charge is 0.315 e. The zero-order chi connectivity index (χ0) is 16.6. The maximum Gasteiger partial charge on any atom is 0.253 e. The molecule has 3 rings (SSSR count). The SMILES string of the molecule is CC(C)n1cnnc1C1CCCN(S(=O)(=O)c2sccc2Br)C1. The van der Waals surface area contributed by atoms with E-state index in [-0.39, 0.29) is 12.0 Å². The van der Waals surface area contributed by atoms with E-state index in [1.54, 1.807) is 22.1 Å². The highest BCUT2D eigenvalue weighted by atomic mass is 79.9. The number of hydrogen-bond donors (Lipinski definition) is 0. The number of thiophene rings is 1. The normalized spacial score (nSPS) is 20.3. The summed E-state index contributed by atoms with van der Waals surface area (Å²) in [6.07, 6.45) is 3.49. The molecule has 0 amide bonds. The fourth-order valence-corrected chi connectivity index (χ4v) is 6.87. The van der Waals surface area contributed by atoms with E-state index in [0.717, 1.165) is 18.7 Å². The molecule has 1 saturated heterocycles. The van der Waals surface area contributed by atoms with Crippen molar-refractivity contribution in [2.24, 2.45) is 0 Å². The highest BCUT2D eigenvalue weighted by Crippen LogP contribution is 2.34. The summed E-state index contributed by atoms with van der Waals surface area (Å²) in [5, 5.41) is 10.0. The van der Waals surface area contributed by atoms with E-state index in [9.17, 15) is 8.42 Å². The Hall–Kier alpha value is -0.770. The third-order valence-electron chi connectivity index (χ3n) is 4.07. The Morgan fingerprint density at radius 2 is 2.22 bits per heavy atom. The monoisotopic (exact) mass is 418 g/mol. The second kappa shape index (κ2) is 6.62. The van der Waals surface area contributed by atoms with Crippen molar-refractivity contribution in [3.63, 3.8) is 0 Å². The second-order valence-electron chi connectivity index (χ2n) is 5.95. The minimum atomic E-state index is -3.46. The molecular weight excluding hydrogens is 400 g/mol. The number of halogens is 1. The van der Waals surface area contributed by atoms with Crippen molar-refractivity contribution in [2.45, 2.75) is 42.9 Å². The van der Waals surface area contributed by atoms with Gasteiger partial charge in [-0.05, 0) is 54.1 Å². The van der Waals surface area contributed by atoms with E-state index in [0.29, 0.717) is 21.8 Å². The van der Waals surface area contributed by atoms with Crippen molar-refractivity contribution in [1.82, 2.24) is 19.1 Å². The lowest BCUT2D eigenvalue weighted by atomic mass is 9.98. The summed E-state index contributed by atoms with van der Waals surface area (Å²) in [4.78, 5) is 0. The first-order valence-corrected chi connectivity index (χ1v) is 10.6. The Morgan fingerprint density at radius 1 is 1.43 bits per heavy atom. The zero-order valence-corrected chi connectivity index (χ0v) is 16.2. The third-order valence-corrected chi connectivity index (χ3v) is 8.58. The fourth-order valence-electron chi connectivity index (χ4n) is 2.89. The Kier molecular flexibility index (Phi) is 4.91. The van der Waals surface area contributed by atoms with E-state index in [1.807, 2.05) is 4.57 Å². The standard InChI is InChI=1S/C14H19BrN4O2S2/c1-10(2)19-9-16-17-13(19)11-4-3-6-18(8-11)23(20,21)14-12(15)5-7-22-14/h5,7,9-11H,3-4,6,8H2,1-2H3. The summed E-state index contributed by atoms with van der Waals surface area (Å²) in [6.45, 7) is 5.16. The van der Waals surface area contributed by atoms with Crippen LogP contribution in [0.25, 0.3) is 0 Å². The number of piperidine rings is 1. The number of aromatic nitrogens is 3. The number of hydrogen-bond acceptors (Lipinski definition) is 5. The van der Waals surface area contributed by atoms with Crippen LogP contribution in [0.15, 0.2) is 26.5 Å². The van der Waals surface area contributed by atoms with Gasteiger partial charge in [-0.3, -0.25) is 0 Å². The molecule has 2 aromatic heterocycles. The van der Waals surface area contributed by atoms with E-state index >= 15 is 0 Å². The molecule has 1 fully saturated rings. The molecular formula is C14H19BrN4O2S2. The number of rotatable bonds is 4. The van der Waals surface area contributed by atoms with Gasteiger partial charge in [0, 0.05) is 29.5 Å². The van der Waals surface area contributed by atoms with Crippen molar-refractivity contribution >= 4 is 37.3 Å². The van der Waals surface area contributed by atoms with Gasteiger partial charge >= 0.3 is 0 Å². The summed E-state index contributed by atoms with van der Waals surface area (Å²) < 4.78 is 30.4. The van der Waals surface area contributed by atoms with Crippen LogP contribution in [-0.4, -0.2) is 40.6 Å². The van der Waals surface area contributed by atoms with E-state index < -0.39 is 10.0 Å². The summed E-state index contributed by atoms with van der Waals surface area (Å²) in [7, 11) is -3.46. The molecule has 0 spiro atoms. The summed E-state index contributed by atoms with van der Waals surface area (Å²) in [5.41, 5.74) is 0. The molecule has 0 aromatic carbocycles. The first-order valence-electron chi connectivity index (χ1n) is 7.53. The molecule has 0 bridgehead atoms. The molecule has 1 unspecified atom stereocenters. The van der Waals surface area contributed by atoms with Crippen molar-refractivity contribution in [1.29, 1.82) is 0 Å². The summed E-state index contributed by atoms with van der Waals surface area (Å²) in [6, 6.07) is 2.03. The third kappa shape index (κ3) is 3.24. The predicted octanol–water partition coefficient (Wildman–Crippen LogP) is 3.25. The maximum absolute atomic E-state index is 12.9. The minimum absolute atomic E-state index is 0.0853. The predicted molar refractivity (Wildman–Crippen MR) is 93.2 cm³/mol. The molecule has 0 saturated carbocycles. The zero-order valence-electron chi connectivity index (χ0n) is 13.0. The number of nitrogens with zero attached hydrogens (tertiary/aromatic N) is 4. The van der Waals surface area contributed by atoms with Crippen LogP contribution in [0, 0.1) is 0 Å². The summed E-state index contributed by atoms with van der Waals surface area (Å²) >= 11 is 4.58. The molecule has 0 aliphatic carbocycles. The molecule has 126 valence electrons. The molecule has 9 heteroatoms. The lowest BCUT2D eigenvalue weighted by molar-refractivity contribution is 0.302. The average molecular weight is 419 g/mol. The van der Waals surface area contributed by atoms with Crippen LogP contribution in [0.5, 0.6) is 0 Å². The van der Waals surface area contributed by atoms with Crippen LogP contribution in [0.2, 0.25) is 0 Å². The fraction of sp³-hybridized carbons (Fsp3) is 0.571. The number of sulfonamides is 1. The van der Waals surface area contributed by atoms with E-state index in [2.05, 4.69) is 40.0 Å². The molecule has 1 aliphatic heterocycles. The lowest BCUT2D eigenvalue weighted by Crippen LogP contribution is -2.39. The van der Waals surface area contributed by atoms with Crippen molar-refractivity contribution in [2.75, 3.05) is 13.1 Å². The Labute approximate surface area is 148 Å². The van der Waals surface area contributed by atoms with Gasteiger partial charge in [-0.1, -0.05) is 0 Å². The molecule has 3 heterocycles. The average Bonchev–Trinajstić information content (AvgIpc) is 3.16. The molecule has 1 atom stereocenters. The highest BCUT2D eigenvalue weighted by Gasteiger charge is 2.34. The topological polar surface area (TPSA) is 68.1 Å². The van der Waals surface area contributed by atoms with Gasteiger partial charge in [0.1, 0.15) is 16.4 Å². The van der Waals surface area contributed by atoms with Crippen molar-refractivity contribution < 1.29 is 8.42 Å². The van der Waals surface area contributed by atoms with Crippen LogP contribution in [0.1, 0.15) is 44.5 Å². The molecule has 2 aromatic rings. The van der Waals surface area contributed by atoms with Crippen LogP contribution < -0.4 is 0 Å². The smallest absolute Gasteiger partial charge is 0.253 e. The first-order chi connectivity index (χ1) is 10.9. The van der Waals surface area contributed by atoms with Gasteiger partial charge in [0.05, 0.1) is 0 Å². The van der Waals surface area contributed by atoms with Gasteiger partial charge in [0.2, 0.25) is 0 Å². The van der Waals surface area contributed by atoms with Crippen LogP contribution in [0.3, 0.4) is 0 Å². The Morgan fingerprint density at radius 3 is 2.87 bits per heavy atom. The summed E-state index contributed by atoms with van der Waals surface area (Å²) in [5.74, 6) is 0.965. The van der Waals surface area contributed by atoms with E-state index in [4.69, 9.17) is 0 Å². The second-order valence-corrected chi connectivity index (χ2v) is 9.85. The quantitative estimate of drug-likeness (QED) is 0.763. The minimum Gasteiger partial charge on any atom is -0.315 e. The molecule has 23 heavy (non-hydrogen) atoms. The van der Waals surface area contributed by atoms with Crippen LogP contribution >= 0.6 is 27.3 Å². The van der Waals surface area contributed by atoms with Gasteiger partial charge in [-0.25, -0.2) is 8.42 Å². The molecule has 1 aliphatic rings. The van der Waals surface area contributed by atoms with E-state index in [1.165, 1.54) is 11.3 Å². The van der Waals surface area contributed by atoms with Crippen molar-refractivity contribution in [3.05, 3.63) is 28.1 Å². The maximum atomic E-state index is 12.9. The molecule has 0 N–H and O–H groups in total. The Balaban J connectivity index is 1.87. The lowest BCUT2D eigenvalue weighted by Gasteiger charge is -2.31. The van der Waals surface area contributed by atoms with Gasteiger partial charge in [0.25, 0.3) is 10.0 Å². The van der Waals surface area contributed by atoms with Crippen molar-refractivity contribution in [3.8, 4) is 0 Å². The molecule has 0 radical (unpaired) electrons. The van der Waals surface area contributed by atoms with Crippen LogP contribution in [-0.2, 0) is 10.0 Å². The Bertz CT molecular complexity index is 784. The first kappa shape index (κ1) is 17.1. The van der Waals surface area contributed by atoms with Gasteiger partial charge in [-0.2, -0.15) is 4.31 Å². The highest BCUT2D eigenvalue weighted by molar-refractivity contribution is 9.10.